The molecule has 0 unspecified atom stereocenters. The number of aromatic nitrogens is 1. The van der Waals surface area contributed by atoms with Gasteiger partial charge in [0.05, 0.1) is 15.7 Å². The highest BCUT2D eigenvalue weighted by Crippen LogP contribution is 2.29. The van der Waals surface area contributed by atoms with Gasteiger partial charge in [0, 0.05) is 18.3 Å². The van der Waals surface area contributed by atoms with Crippen LogP contribution in [-0.4, -0.2) is 43.0 Å². The van der Waals surface area contributed by atoms with E-state index in [0.717, 1.165) is 19.5 Å². The van der Waals surface area contributed by atoms with Gasteiger partial charge in [0.2, 0.25) is 0 Å². The van der Waals surface area contributed by atoms with Crippen LogP contribution in [0.4, 0.5) is 11.5 Å². The van der Waals surface area contributed by atoms with E-state index in [1.165, 1.54) is 0 Å². The van der Waals surface area contributed by atoms with Crippen LogP contribution < -0.4 is 10.6 Å². The number of anilines is 2. The number of nitrogens with one attached hydrogen (secondary N) is 2. The molecular formula is C17H20Cl2N4O. The monoisotopic (exact) mass is 366 g/mol. The number of hydrogen-bond acceptors (Lipinski definition) is 4. The van der Waals surface area contributed by atoms with E-state index in [9.17, 15) is 4.79 Å². The molecule has 1 heterocycles. The first-order valence-electron chi connectivity index (χ1n) is 7.57. The van der Waals surface area contributed by atoms with Gasteiger partial charge >= 0.3 is 0 Å². The van der Waals surface area contributed by atoms with Gasteiger partial charge in [0.1, 0.15) is 5.82 Å². The van der Waals surface area contributed by atoms with Crippen LogP contribution in [0, 0.1) is 0 Å². The summed E-state index contributed by atoms with van der Waals surface area (Å²) in [6, 6.07) is 8.46. The van der Waals surface area contributed by atoms with E-state index in [0.29, 0.717) is 27.1 Å². The predicted octanol–water partition coefficient (Wildman–Crippen LogP) is 4.00. The normalized spacial score (nSPS) is 10.7. The van der Waals surface area contributed by atoms with Gasteiger partial charge in [-0.05, 0) is 51.3 Å². The molecule has 2 aromatic rings. The molecule has 1 aromatic carbocycles. The molecule has 0 bridgehead atoms. The molecule has 1 amide bonds. The summed E-state index contributed by atoms with van der Waals surface area (Å²) in [7, 11) is 4.06. The second-order valence-corrected chi connectivity index (χ2v) is 6.35. The van der Waals surface area contributed by atoms with E-state index in [1.807, 2.05) is 14.1 Å². The molecular weight excluding hydrogens is 347 g/mol. The molecule has 2 rings (SSSR count). The lowest BCUT2D eigenvalue weighted by molar-refractivity contribution is 0.102. The van der Waals surface area contributed by atoms with Gasteiger partial charge in [0.15, 0.2) is 0 Å². The van der Waals surface area contributed by atoms with Crippen LogP contribution in [0.3, 0.4) is 0 Å². The van der Waals surface area contributed by atoms with Crippen molar-refractivity contribution in [1.29, 1.82) is 0 Å². The van der Waals surface area contributed by atoms with Crippen LogP contribution in [0.2, 0.25) is 10.0 Å². The highest BCUT2D eigenvalue weighted by atomic mass is 35.5. The minimum absolute atomic E-state index is 0.266. The van der Waals surface area contributed by atoms with Gasteiger partial charge in [0.25, 0.3) is 5.91 Å². The van der Waals surface area contributed by atoms with Crippen molar-refractivity contribution in [1.82, 2.24) is 9.88 Å². The number of pyridine rings is 1. The molecule has 2 N–H and O–H groups in total. The van der Waals surface area contributed by atoms with E-state index in [2.05, 4.69) is 20.5 Å². The molecule has 1 aromatic heterocycles. The van der Waals surface area contributed by atoms with Crippen LogP contribution >= 0.6 is 23.2 Å². The average molecular weight is 367 g/mol. The fourth-order valence-corrected chi connectivity index (χ4v) is 2.42. The van der Waals surface area contributed by atoms with E-state index >= 15 is 0 Å². The highest BCUT2D eigenvalue weighted by Gasteiger charge is 2.11. The smallest absolute Gasteiger partial charge is 0.255 e. The topological polar surface area (TPSA) is 57.3 Å². The highest BCUT2D eigenvalue weighted by molar-refractivity contribution is 6.44. The van der Waals surface area contributed by atoms with Gasteiger partial charge in [-0.1, -0.05) is 29.3 Å². The fraction of sp³-hybridized carbons (Fsp3) is 0.294. The Hall–Kier alpha value is -1.82. The summed E-state index contributed by atoms with van der Waals surface area (Å²) in [5.74, 6) is 0.400. The van der Waals surface area contributed by atoms with Crippen molar-refractivity contribution in [2.24, 2.45) is 0 Å². The molecule has 0 aliphatic rings. The third-order valence-electron chi connectivity index (χ3n) is 3.31. The number of carbonyl (C=O) groups excluding carboxylic acids is 1. The Bertz CT molecular complexity index is 707. The standard InChI is InChI=1S/C17H20Cl2N4O/c1-23(2)10-4-8-20-15-11-12(7-9-21-15)17(24)22-14-6-3-5-13(18)16(14)19/h3,5-7,9,11H,4,8,10H2,1-2H3,(H,20,21)(H,22,24). The van der Waals surface area contributed by atoms with Crippen molar-refractivity contribution in [3.05, 3.63) is 52.1 Å². The maximum atomic E-state index is 12.4. The van der Waals surface area contributed by atoms with Crippen LogP contribution in [0.15, 0.2) is 36.5 Å². The SMILES string of the molecule is CN(C)CCCNc1cc(C(=O)Nc2cccc(Cl)c2Cl)ccn1. The van der Waals surface area contributed by atoms with Gasteiger partial charge < -0.3 is 15.5 Å². The van der Waals surface area contributed by atoms with E-state index in [-0.39, 0.29) is 5.91 Å². The van der Waals surface area contributed by atoms with E-state index < -0.39 is 0 Å². The molecule has 7 heteroatoms. The summed E-state index contributed by atoms with van der Waals surface area (Å²) in [4.78, 5) is 18.7. The van der Waals surface area contributed by atoms with Crippen molar-refractivity contribution in [3.63, 3.8) is 0 Å². The van der Waals surface area contributed by atoms with Crippen LogP contribution in [0.1, 0.15) is 16.8 Å². The molecule has 0 radical (unpaired) electrons. The van der Waals surface area contributed by atoms with Gasteiger partial charge in [-0.25, -0.2) is 4.98 Å². The molecule has 5 nitrogen and oxygen atoms in total. The van der Waals surface area contributed by atoms with Gasteiger partial charge in [-0.2, -0.15) is 0 Å². The summed E-state index contributed by atoms with van der Waals surface area (Å²) in [5, 5.41) is 6.69. The van der Waals surface area contributed by atoms with Crippen molar-refractivity contribution in [2.75, 3.05) is 37.8 Å². The average Bonchev–Trinajstić information content (AvgIpc) is 2.56. The van der Waals surface area contributed by atoms with Crippen molar-refractivity contribution >= 4 is 40.6 Å². The van der Waals surface area contributed by atoms with E-state index in [4.69, 9.17) is 23.2 Å². The Balaban J connectivity index is 1.99. The molecule has 128 valence electrons. The lowest BCUT2D eigenvalue weighted by Crippen LogP contribution is -2.17. The second kappa shape index (κ2) is 8.87. The van der Waals surface area contributed by atoms with Gasteiger partial charge in [-0.3, -0.25) is 4.79 Å². The van der Waals surface area contributed by atoms with Crippen molar-refractivity contribution in [2.45, 2.75) is 6.42 Å². The van der Waals surface area contributed by atoms with Crippen molar-refractivity contribution < 1.29 is 4.79 Å². The van der Waals surface area contributed by atoms with E-state index in [1.54, 1.807) is 36.5 Å². The minimum atomic E-state index is -0.266. The first-order chi connectivity index (χ1) is 11.5. The van der Waals surface area contributed by atoms with Crippen LogP contribution in [0.5, 0.6) is 0 Å². The molecule has 0 saturated heterocycles. The third-order valence-corrected chi connectivity index (χ3v) is 4.13. The first-order valence-corrected chi connectivity index (χ1v) is 8.33. The number of carbonyl (C=O) groups is 1. The molecule has 0 spiro atoms. The molecule has 0 aliphatic carbocycles. The van der Waals surface area contributed by atoms with Crippen LogP contribution in [-0.2, 0) is 0 Å². The fourth-order valence-electron chi connectivity index (χ4n) is 2.08. The Morgan fingerprint density at radius 3 is 2.79 bits per heavy atom. The quantitative estimate of drug-likeness (QED) is 0.727. The largest absolute Gasteiger partial charge is 0.370 e. The summed E-state index contributed by atoms with van der Waals surface area (Å²) in [6.07, 6.45) is 2.59. The number of benzene rings is 1. The third kappa shape index (κ3) is 5.37. The first kappa shape index (κ1) is 18.5. The Labute approximate surface area is 152 Å². The summed E-state index contributed by atoms with van der Waals surface area (Å²) >= 11 is 12.0. The summed E-state index contributed by atoms with van der Waals surface area (Å²) in [6.45, 7) is 1.77. The number of rotatable bonds is 7. The zero-order valence-corrected chi connectivity index (χ0v) is 15.2. The number of amides is 1. The molecule has 0 aliphatic heterocycles. The van der Waals surface area contributed by atoms with Crippen molar-refractivity contribution in [3.8, 4) is 0 Å². The molecule has 0 atom stereocenters. The minimum Gasteiger partial charge on any atom is -0.370 e. The summed E-state index contributed by atoms with van der Waals surface area (Å²) in [5.41, 5.74) is 0.975. The summed E-state index contributed by atoms with van der Waals surface area (Å²) < 4.78 is 0. The number of nitrogens with zero attached hydrogens (tertiary/aromatic N) is 2. The Kier molecular flexibility index (Phi) is 6.85. The zero-order valence-electron chi connectivity index (χ0n) is 13.6. The lowest BCUT2D eigenvalue weighted by atomic mass is 10.2. The number of halogens is 2. The number of hydrogen-bond donors (Lipinski definition) is 2. The Morgan fingerprint density at radius 2 is 2.04 bits per heavy atom. The predicted molar refractivity (Wildman–Crippen MR) is 100 cm³/mol. The second-order valence-electron chi connectivity index (χ2n) is 5.57. The molecule has 0 saturated carbocycles. The molecule has 0 fully saturated rings. The maximum Gasteiger partial charge on any atom is 0.255 e. The maximum absolute atomic E-state index is 12.4. The molecule has 24 heavy (non-hydrogen) atoms. The van der Waals surface area contributed by atoms with Gasteiger partial charge in [-0.15, -0.1) is 0 Å². The zero-order chi connectivity index (χ0) is 17.5. The lowest BCUT2D eigenvalue weighted by Gasteiger charge is -2.11. The Morgan fingerprint density at radius 1 is 1.25 bits per heavy atom. The van der Waals surface area contributed by atoms with Crippen LogP contribution in [0.25, 0.3) is 0 Å².